The van der Waals surface area contributed by atoms with Crippen LogP contribution in [0.4, 0.5) is 5.69 Å². The first-order valence-electron chi connectivity index (χ1n) is 2.98. The number of nitrogens with two attached hydrogens (primary N) is 2. The molecule has 10 heavy (non-hydrogen) atoms. The van der Waals surface area contributed by atoms with Gasteiger partial charge >= 0.3 is 0 Å². The monoisotopic (exact) mass is 156 g/mol. The van der Waals surface area contributed by atoms with Crippen LogP contribution in [0.15, 0.2) is 18.2 Å². The summed E-state index contributed by atoms with van der Waals surface area (Å²) >= 11 is 5.79. The summed E-state index contributed by atoms with van der Waals surface area (Å²) in [4.78, 5) is 0. The van der Waals surface area contributed by atoms with Crippen LogP contribution in [0.1, 0.15) is 5.56 Å². The lowest BCUT2D eigenvalue weighted by Crippen LogP contribution is -1.98. The van der Waals surface area contributed by atoms with Gasteiger partial charge in [0.05, 0.1) is 10.7 Å². The fraction of sp³-hybridized carbons (Fsp3) is 0.143. The van der Waals surface area contributed by atoms with E-state index >= 15 is 0 Å². The molecular weight excluding hydrogens is 148 g/mol. The van der Waals surface area contributed by atoms with E-state index < -0.39 is 0 Å². The van der Waals surface area contributed by atoms with Gasteiger partial charge in [0.1, 0.15) is 0 Å². The number of hydrogen-bond acceptors (Lipinski definition) is 2. The molecule has 0 fully saturated rings. The van der Waals surface area contributed by atoms with Crippen molar-refractivity contribution < 1.29 is 0 Å². The third kappa shape index (κ3) is 1.23. The molecule has 0 atom stereocenters. The average Bonchev–Trinajstić information content (AvgIpc) is 1.95. The van der Waals surface area contributed by atoms with Gasteiger partial charge in [-0.05, 0) is 11.6 Å². The topological polar surface area (TPSA) is 52.0 Å². The van der Waals surface area contributed by atoms with Gasteiger partial charge in [0, 0.05) is 6.54 Å². The summed E-state index contributed by atoms with van der Waals surface area (Å²) in [5.41, 5.74) is 12.4. The maximum absolute atomic E-state index is 5.79. The Hall–Kier alpha value is -0.730. The highest BCUT2D eigenvalue weighted by atomic mass is 35.5. The Morgan fingerprint density at radius 2 is 2.10 bits per heavy atom. The summed E-state index contributed by atoms with van der Waals surface area (Å²) in [6.07, 6.45) is 0. The molecule has 0 aliphatic carbocycles. The summed E-state index contributed by atoms with van der Waals surface area (Å²) in [6.45, 7) is 0.434. The summed E-state index contributed by atoms with van der Waals surface area (Å²) in [6, 6.07) is 5.45. The highest BCUT2D eigenvalue weighted by Crippen LogP contribution is 2.21. The minimum absolute atomic E-state index is 0.434. The van der Waals surface area contributed by atoms with E-state index in [-0.39, 0.29) is 0 Å². The Labute approximate surface area is 64.8 Å². The first-order valence-corrected chi connectivity index (χ1v) is 3.36. The van der Waals surface area contributed by atoms with Crippen LogP contribution in [0.2, 0.25) is 5.02 Å². The van der Waals surface area contributed by atoms with Gasteiger partial charge in [0.25, 0.3) is 0 Å². The zero-order valence-corrected chi connectivity index (χ0v) is 6.23. The number of nitrogen functional groups attached to an aromatic ring is 1. The summed E-state index contributed by atoms with van der Waals surface area (Å²) in [7, 11) is 0. The quantitative estimate of drug-likeness (QED) is 0.604. The van der Waals surface area contributed by atoms with E-state index in [9.17, 15) is 0 Å². The molecule has 0 saturated heterocycles. The van der Waals surface area contributed by atoms with Gasteiger partial charge in [-0.25, -0.2) is 0 Å². The molecule has 1 rings (SSSR count). The van der Waals surface area contributed by atoms with Crippen LogP contribution in [-0.4, -0.2) is 0 Å². The molecule has 1 aromatic carbocycles. The Kier molecular flexibility index (Phi) is 2.14. The minimum atomic E-state index is 0.434. The number of anilines is 1. The average molecular weight is 157 g/mol. The standard InChI is InChI=1S/C7H9ClN2/c8-7-5(4-9)2-1-3-6(7)10/h1-3H,4,9-10H2. The maximum Gasteiger partial charge on any atom is 0.0680 e. The molecule has 0 unspecified atom stereocenters. The Bertz CT molecular complexity index is 235. The van der Waals surface area contributed by atoms with Crippen LogP contribution in [0.5, 0.6) is 0 Å². The van der Waals surface area contributed by atoms with Crippen molar-refractivity contribution in [2.24, 2.45) is 5.73 Å². The van der Waals surface area contributed by atoms with Crippen LogP contribution in [-0.2, 0) is 6.54 Å². The predicted octanol–water partition coefficient (Wildman–Crippen LogP) is 1.38. The lowest BCUT2D eigenvalue weighted by Gasteiger charge is -2.01. The molecule has 0 amide bonds. The molecule has 0 bridgehead atoms. The van der Waals surface area contributed by atoms with E-state index in [0.717, 1.165) is 5.56 Å². The van der Waals surface area contributed by atoms with Crippen molar-refractivity contribution in [3.8, 4) is 0 Å². The van der Waals surface area contributed by atoms with Crippen LogP contribution < -0.4 is 11.5 Å². The van der Waals surface area contributed by atoms with Crippen molar-refractivity contribution >= 4 is 17.3 Å². The molecular formula is C7H9ClN2. The van der Waals surface area contributed by atoms with E-state index in [2.05, 4.69) is 0 Å². The Balaban J connectivity index is 3.14. The van der Waals surface area contributed by atoms with Crippen LogP contribution in [0.25, 0.3) is 0 Å². The van der Waals surface area contributed by atoms with Gasteiger partial charge in [-0.15, -0.1) is 0 Å². The minimum Gasteiger partial charge on any atom is -0.398 e. The zero-order valence-electron chi connectivity index (χ0n) is 5.47. The van der Waals surface area contributed by atoms with E-state index in [1.54, 1.807) is 6.07 Å². The summed E-state index contributed by atoms with van der Waals surface area (Å²) < 4.78 is 0. The maximum atomic E-state index is 5.79. The van der Waals surface area contributed by atoms with E-state index in [0.29, 0.717) is 17.3 Å². The smallest absolute Gasteiger partial charge is 0.0680 e. The molecule has 0 heterocycles. The van der Waals surface area contributed by atoms with Gasteiger partial charge in [-0.1, -0.05) is 23.7 Å². The molecule has 0 saturated carbocycles. The van der Waals surface area contributed by atoms with E-state index in [1.807, 2.05) is 12.1 Å². The second kappa shape index (κ2) is 2.90. The molecule has 2 nitrogen and oxygen atoms in total. The number of rotatable bonds is 1. The number of benzene rings is 1. The first kappa shape index (κ1) is 7.38. The Morgan fingerprint density at radius 1 is 1.40 bits per heavy atom. The fourth-order valence-corrected chi connectivity index (χ4v) is 0.960. The van der Waals surface area contributed by atoms with Crippen molar-refractivity contribution in [3.63, 3.8) is 0 Å². The number of hydrogen-bond donors (Lipinski definition) is 2. The van der Waals surface area contributed by atoms with Crippen molar-refractivity contribution in [3.05, 3.63) is 28.8 Å². The molecule has 4 N–H and O–H groups in total. The second-order valence-electron chi connectivity index (χ2n) is 2.02. The Morgan fingerprint density at radius 3 is 2.60 bits per heavy atom. The number of halogens is 1. The molecule has 0 aromatic heterocycles. The SMILES string of the molecule is NCc1cccc(N)c1Cl. The molecule has 0 spiro atoms. The van der Waals surface area contributed by atoms with Gasteiger partial charge in [0.2, 0.25) is 0 Å². The zero-order chi connectivity index (χ0) is 7.56. The van der Waals surface area contributed by atoms with Gasteiger partial charge in [-0.3, -0.25) is 0 Å². The van der Waals surface area contributed by atoms with Crippen LogP contribution in [0, 0.1) is 0 Å². The third-order valence-electron chi connectivity index (χ3n) is 1.33. The van der Waals surface area contributed by atoms with Gasteiger partial charge < -0.3 is 11.5 Å². The summed E-state index contributed by atoms with van der Waals surface area (Å²) in [5.74, 6) is 0. The van der Waals surface area contributed by atoms with Crippen LogP contribution >= 0.6 is 11.6 Å². The molecule has 54 valence electrons. The largest absolute Gasteiger partial charge is 0.398 e. The normalized spacial score (nSPS) is 9.80. The lowest BCUT2D eigenvalue weighted by atomic mass is 10.2. The first-order chi connectivity index (χ1) is 4.75. The van der Waals surface area contributed by atoms with E-state index in [4.69, 9.17) is 23.1 Å². The van der Waals surface area contributed by atoms with Crippen molar-refractivity contribution in [2.75, 3.05) is 5.73 Å². The second-order valence-corrected chi connectivity index (χ2v) is 2.40. The molecule has 0 aliphatic heterocycles. The van der Waals surface area contributed by atoms with Crippen LogP contribution in [0.3, 0.4) is 0 Å². The van der Waals surface area contributed by atoms with Crippen molar-refractivity contribution in [1.29, 1.82) is 0 Å². The van der Waals surface area contributed by atoms with Crippen molar-refractivity contribution in [2.45, 2.75) is 6.54 Å². The molecule has 0 radical (unpaired) electrons. The van der Waals surface area contributed by atoms with Gasteiger partial charge in [0.15, 0.2) is 0 Å². The molecule has 3 heteroatoms. The fourth-order valence-electron chi connectivity index (χ4n) is 0.757. The highest BCUT2D eigenvalue weighted by molar-refractivity contribution is 6.33. The third-order valence-corrected chi connectivity index (χ3v) is 1.79. The molecule has 0 aliphatic rings. The highest BCUT2D eigenvalue weighted by Gasteiger charge is 1.99. The molecule has 1 aromatic rings. The lowest BCUT2D eigenvalue weighted by molar-refractivity contribution is 1.07. The van der Waals surface area contributed by atoms with Gasteiger partial charge in [-0.2, -0.15) is 0 Å². The van der Waals surface area contributed by atoms with Crippen molar-refractivity contribution in [1.82, 2.24) is 0 Å². The van der Waals surface area contributed by atoms with E-state index in [1.165, 1.54) is 0 Å². The predicted molar refractivity (Wildman–Crippen MR) is 43.8 cm³/mol. The summed E-state index contributed by atoms with van der Waals surface area (Å²) in [5, 5.41) is 0.574.